The average molecular weight is 336 g/mol. The van der Waals surface area contributed by atoms with Crippen LogP contribution in [-0.2, 0) is 4.84 Å². The summed E-state index contributed by atoms with van der Waals surface area (Å²) in [7, 11) is 4.03. The van der Waals surface area contributed by atoms with Gasteiger partial charge in [-0.25, -0.2) is 0 Å². The molecule has 1 rings (SSSR count). The van der Waals surface area contributed by atoms with Crippen LogP contribution >= 0.6 is 15.9 Å². The number of piperidine rings is 1. The third kappa shape index (κ3) is 8.57. The van der Waals surface area contributed by atoms with Gasteiger partial charge in [-0.3, -0.25) is 0 Å². The van der Waals surface area contributed by atoms with Crippen molar-refractivity contribution in [2.75, 3.05) is 46.9 Å². The van der Waals surface area contributed by atoms with Gasteiger partial charge in [-0.2, -0.15) is 0 Å². The van der Waals surface area contributed by atoms with E-state index in [1.54, 1.807) is 0 Å². The summed E-state index contributed by atoms with van der Waals surface area (Å²) in [5.74, 6) is 0. The lowest BCUT2D eigenvalue weighted by Gasteiger charge is -2.27. The molecule has 0 radical (unpaired) electrons. The summed E-state index contributed by atoms with van der Waals surface area (Å²) in [6, 6.07) is 0. The Hall–Kier alpha value is -0.170. The van der Waals surface area contributed by atoms with Crippen molar-refractivity contribution in [3.8, 4) is 0 Å². The maximum atomic E-state index is 9.87. The quantitative estimate of drug-likeness (QED) is 0.539. The van der Waals surface area contributed by atoms with Crippen LogP contribution in [0.3, 0.4) is 0 Å². The van der Waals surface area contributed by atoms with E-state index in [0.29, 0.717) is 6.54 Å². The number of hydrogen-bond donors (Lipinski definition) is 1. The van der Waals surface area contributed by atoms with Crippen molar-refractivity contribution in [2.45, 2.75) is 31.8 Å². The smallest absolute Gasteiger partial charge is 0.144 e. The Labute approximate surface area is 124 Å². The summed E-state index contributed by atoms with van der Waals surface area (Å²) in [6.07, 6.45) is 4.14. The molecule has 0 aromatic carbocycles. The van der Waals surface area contributed by atoms with E-state index in [0.717, 1.165) is 30.7 Å². The predicted molar refractivity (Wildman–Crippen MR) is 81.8 cm³/mol. The molecule has 0 aliphatic carbocycles. The Morgan fingerprint density at radius 1 is 1.37 bits per heavy atom. The van der Waals surface area contributed by atoms with Crippen molar-refractivity contribution in [3.63, 3.8) is 0 Å². The first-order valence-corrected chi connectivity index (χ1v) is 7.76. The second kappa shape index (κ2) is 9.69. The number of likely N-dealkylation sites (tertiary alicyclic amines) is 1. The van der Waals surface area contributed by atoms with Gasteiger partial charge < -0.3 is 19.7 Å². The van der Waals surface area contributed by atoms with Gasteiger partial charge in [0.1, 0.15) is 17.3 Å². The minimum Gasteiger partial charge on any atom is -0.392 e. The normalized spacial score (nSPS) is 19.7. The molecule has 1 unspecified atom stereocenters. The Kier molecular flexibility index (Phi) is 8.61. The Bertz CT molecular complexity index is 269. The van der Waals surface area contributed by atoms with Crippen LogP contribution in [0.4, 0.5) is 0 Å². The van der Waals surface area contributed by atoms with Gasteiger partial charge >= 0.3 is 0 Å². The maximum Gasteiger partial charge on any atom is 0.144 e. The van der Waals surface area contributed by atoms with E-state index >= 15 is 0 Å². The molecule has 6 heteroatoms. The average Bonchev–Trinajstić information content (AvgIpc) is 2.37. The van der Waals surface area contributed by atoms with Crippen molar-refractivity contribution in [1.82, 2.24) is 9.80 Å². The number of β-amino-alcohol motifs (C(OH)–C–C–N with tert-alkyl or cyclic N) is 1. The number of aliphatic hydroxyl groups excluding tert-OH is 1. The first kappa shape index (κ1) is 16.9. The first-order chi connectivity index (χ1) is 9.08. The molecule has 0 aromatic heterocycles. The highest BCUT2D eigenvalue weighted by atomic mass is 79.9. The zero-order chi connectivity index (χ0) is 14.1. The van der Waals surface area contributed by atoms with Gasteiger partial charge in [0, 0.05) is 19.5 Å². The molecule has 0 spiro atoms. The van der Waals surface area contributed by atoms with E-state index in [9.17, 15) is 5.11 Å². The van der Waals surface area contributed by atoms with Crippen LogP contribution < -0.4 is 0 Å². The van der Waals surface area contributed by atoms with E-state index in [1.165, 1.54) is 19.3 Å². The highest BCUT2D eigenvalue weighted by Crippen LogP contribution is 2.09. The molecular formula is C13H26BrN3O2. The van der Waals surface area contributed by atoms with Gasteiger partial charge in [0.15, 0.2) is 0 Å². The molecule has 0 saturated carbocycles. The number of halogens is 1. The number of hydrogen-bond acceptors (Lipinski definition) is 5. The minimum atomic E-state index is -0.462. The van der Waals surface area contributed by atoms with Crippen LogP contribution in [0.2, 0.25) is 0 Å². The number of oxime groups is 1. The molecule has 19 heavy (non-hydrogen) atoms. The molecule has 1 aliphatic heterocycles. The predicted octanol–water partition coefficient (Wildman–Crippen LogP) is 1.51. The maximum absolute atomic E-state index is 9.87. The van der Waals surface area contributed by atoms with Crippen molar-refractivity contribution in [2.24, 2.45) is 5.16 Å². The number of rotatable bonds is 8. The fraction of sp³-hybridized carbons (Fsp3) is 0.923. The molecule has 0 aromatic rings. The second-order valence-corrected chi connectivity index (χ2v) is 6.25. The molecule has 5 nitrogen and oxygen atoms in total. The van der Waals surface area contributed by atoms with E-state index in [-0.39, 0.29) is 6.61 Å². The monoisotopic (exact) mass is 335 g/mol. The molecule has 1 heterocycles. The van der Waals surface area contributed by atoms with Gasteiger partial charge in [0.25, 0.3) is 0 Å². The van der Waals surface area contributed by atoms with Crippen LogP contribution in [0, 0.1) is 0 Å². The molecule has 1 aliphatic rings. The zero-order valence-electron chi connectivity index (χ0n) is 12.0. The largest absolute Gasteiger partial charge is 0.392 e. The van der Waals surface area contributed by atoms with Crippen molar-refractivity contribution in [3.05, 3.63) is 0 Å². The lowest BCUT2D eigenvalue weighted by Crippen LogP contribution is -2.38. The highest BCUT2D eigenvalue weighted by Gasteiger charge is 2.14. The molecule has 112 valence electrons. The molecule has 0 amide bonds. The third-order valence-electron chi connectivity index (χ3n) is 3.11. The van der Waals surface area contributed by atoms with Gasteiger partial charge in [-0.1, -0.05) is 11.6 Å². The van der Waals surface area contributed by atoms with Crippen LogP contribution in [0.15, 0.2) is 5.16 Å². The zero-order valence-corrected chi connectivity index (χ0v) is 13.6. The molecule has 1 atom stereocenters. The summed E-state index contributed by atoms with van der Waals surface area (Å²) in [6.45, 7) is 4.04. The summed E-state index contributed by atoms with van der Waals surface area (Å²) < 4.78 is 0.784. The Balaban J connectivity index is 2.11. The van der Waals surface area contributed by atoms with Crippen LogP contribution in [0.1, 0.15) is 25.7 Å². The van der Waals surface area contributed by atoms with Crippen molar-refractivity contribution >= 4 is 20.6 Å². The Morgan fingerprint density at radius 2 is 2.05 bits per heavy atom. The number of aliphatic hydroxyl groups is 1. The minimum absolute atomic E-state index is 0.258. The molecule has 1 fully saturated rings. The van der Waals surface area contributed by atoms with E-state index in [4.69, 9.17) is 4.84 Å². The summed E-state index contributed by atoms with van der Waals surface area (Å²) in [4.78, 5) is 9.56. The summed E-state index contributed by atoms with van der Waals surface area (Å²) >= 11 is 3.36. The topological polar surface area (TPSA) is 48.3 Å². The summed E-state index contributed by atoms with van der Waals surface area (Å²) in [5.41, 5.74) is 0. The lowest BCUT2D eigenvalue weighted by atomic mass is 10.1. The van der Waals surface area contributed by atoms with Gasteiger partial charge in [0.05, 0.1) is 0 Å². The van der Waals surface area contributed by atoms with Crippen LogP contribution in [0.5, 0.6) is 0 Å². The van der Waals surface area contributed by atoms with Gasteiger partial charge in [-0.05, 0) is 56.0 Å². The fourth-order valence-electron chi connectivity index (χ4n) is 2.05. The second-order valence-electron chi connectivity index (χ2n) is 5.33. The SMILES string of the molecule is CN(C)CC/C(Br)=N\OCC(O)CN1CCCCC1. The van der Waals surface area contributed by atoms with Crippen molar-refractivity contribution < 1.29 is 9.94 Å². The van der Waals surface area contributed by atoms with E-state index < -0.39 is 6.10 Å². The van der Waals surface area contributed by atoms with Crippen LogP contribution in [-0.4, -0.2) is 72.5 Å². The van der Waals surface area contributed by atoms with E-state index in [2.05, 4.69) is 30.9 Å². The van der Waals surface area contributed by atoms with Crippen molar-refractivity contribution in [1.29, 1.82) is 0 Å². The summed E-state index contributed by atoms with van der Waals surface area (Å²) in [5, 5.41) is 13.8. The number of nitrogens with zero attached hydrogens (tertiary/aromatic N) is 3. The lowest BCUT2D eigenvalue weighted by molar-refractivity contribution is 0.0159. The van der Waals surface area contributed by atoms with Gasteiger partial charge in [-0.15, -0.1) is 0 Å². The molecule has 1 saturated heterocycles. The first-order valence-electron chi connectivity index (χ1n) is 6.97. The van der Waals surface area contributed by atoms with E-state index in [1.807, 2.05) is 14.1 Å². The molecule has 0 bridgehead atoms. The molecular weight excluding hydrogens is 310 g/mol. The van der Waals surface area contributed by atoms with Crippen LogP contribution in [0.25, 0.3) is 0 Å². The third-order valence-corrected chi connectivity index (χ3v) is 3.65. The fourth-order valence-corrected chi connectivity index (χ4v) is 2.33. The Morgan fingerprint density at radius 3 is 2.68 bits per heavy atom. The standard InChI is InChI=1S/C13H26BrN3O2/c1-16(2)9-6-13(14)15-19-11-12(18)10-17-7-4-3-5-8-17/h12,18H,3-11H2,1-2H3/b15-13+. The molecule has 1 N–H and O–H groups in total. The van der Waals surface area contributed by atoms with Gasteiger partial charge in [0.2, 0.25) is 0 Å². The highest BCUT2D eigenvalue weighted by molar-refractivity contribution is 9.18.